The maximum absolute atomic E-state index is 6.02. The van der Waals surface area contributed by atoms with Crippen LogP contribution >= 0.6 is 11.6 Å². The maximum atomic E-state index is 6.02. The molecule has 16 heavy (non-hydrogen) atoms. The van der Waals surface area contributed by atoms with Gasteiger partial charge in [-0.15, -0.1) is 0 Å². The molecule has 0 fully saturated rings. The van der Waals surface area contributed by atoms with Gasteiger partial charge in [0.2, 0.25) is 0 Å². The van der Waals surface area contributed by atoms with Crippen molar-refractivity contribution in [3.63, 3.8) is 0 Å². The fourth-order valence-corrected chi connectivity index (χ4v) is 1.61. The van der Waals surface area contributed by atoms with Gasteiger partial charge in [0.1, 0.15) is 0 Å². The number of halogens is 1. The molecule has 0 aliphatic rings. The van der Waals surface area contributed by atoms with E-state index in [0.717, 1.165) is 24.5 Å². The predicted octanol–water partition coefficient (Wildman–Crippen LogP) is 3.02. The fraction of sp³-hybridized carbons (Fsp3) is 0.538. The van der Waals surface area contributed by atoms with Crippen molar-refractivity contribution in [2.45, 2.75) is 38.8 Å². The third-order valence-corrected chi connectivity index (χ3v) is 2.60. The molecule has 2 N–H and O–H groups in total. The number of hydrogen-bond donors (Lipinski definition) is 1. The zero-order valence-corrected chi connectivity index (χ0v) is 10.7. The van der Waals surface area contributed by atoms with Gasteiger partial charge in [0.25, 0.3) is 0 Å². The summed E-state index contributed by atoms with van der Waals surface area (Å²) in [5.41, 5.74) is 7.24. The molecule has 1 aromatic carbocycles. The fourth-order valence-electron chi connectivity index (χ4n) is 1.48. The first kappa shape index (κ1) is 13.5. The number of benzene rings is 1. The highest BCUT2D eigenvalue weighted by molar-refractivity contribution is 6.30. The first-order valence-electron chi connectivity index (χ1n) is 5.69. The molecule has 1 rings (SSSR count). The van der Waals surface area contributed by atoms with Gasteiger partial charge < -0.3 is 10.5 Å². The van der Waals surface area contributed by atoms with Crippen LogP contribution in [0.2, 0.25) is 5.02 Å². The van der Waals surface area contributed by atoms with Gasteiger partial charge >= 0.3 is 0 Å². The molecule has 3 heteroatoms. The molecular weight excluding hydrogens is 222 g/mol. The van der Waals surface area contributed by atoms with E-state index in [0.29, 0.717) is 0 Å². The average Bonchev–Trinajstić information content (AvgIpc) is 2.21. The third-order valence-electron chi connectivity index (χ3n) is 2.35. The summed E-state index contributed by atoms with van der Waals surface area (Å²) >= 11 is 5.82. The Kier molecular flexibility index (Phi) is 5.81. The first-order chi connectivity index (χ1) is 7.58. The van der Waals surface area contributed by atoms with Crippen molar-refractivity contribution in [3.8, 4) is 0 Å². The summed E-state index contributed by atoms with van der Waals surface area (Å²) in [6.45, 7) is 4.79. The summed E-state index contributed by atoms with van der Waals surface area (Å²) in [7, 11) is 0. The molecule has 0 radical (unpaired) electrons. The van der Waals surface area contributed by atoms with Crippen molar-refractivity contribution >= 4 is 11.6 Å². The summed E-state index contributed by atoms with van der Waals surface area (Å²) in [6, 6.07) is 7.99. The van der Waals surface area contributed by atoms with Crippen molar-refractivity contribution in [1.82, 2.24) is 0 Å². The van der Waals surface area contributed by atoms with Crippen LogP contribution in [0.3, 0.4) is 0 Å². The summed E-state index contributed by atoms with van der Waals surface area (Å²) in [6.07, 6.45) is 2.04. The van der Waals surface area contributed by atoms with Gasteiger partial charge in [0.05, 0.1) is 6.10 Å². The lowest BCUT2D eigenvalue weighted by atomic mass is 10.0. The van der Waals surface area contributed by atoms with E-state index in [1.807, 2.05) is 38.1 Å². The molecule has 1 atom stereocenters. The van der Waals surface area contributed by atoms with E-state index in [2.05, 4.69) is 0 Å². The van der Waals surface area contributed by atoms with Crippen LogP contribution in [0.1, 0.15) is 25.8 Å². The zero-order chi connectivity index (χ0) is 12.0. The maximum Gasteiger partial charge on any atom is 0.0518 e. The van der Waals surface area contributed by atoms with Gasteiger partial charge in [-0.05, 0) is 44.4 Å². The SMILES string of the molecule is CC(C)OCCC(N)Cc1ccc(Cl)cc1. The molecule has 2 nitrogen and oxygen atoms in total. The van der Waals surface area contributed by atoms with Crippen LogP contribution in [0.15, 0.2) is 24.3 Å². The van der Waals surface area contributed by atoms with Crippen molar-refractivity contribution in [2.75, 3.05) is 6.61 Å². The van der Waals surface area contributed by atoms with Crippen LogP contribution < -0.4 is 5.73 Å². The van der Waals surface area contributed by atoms with Gasteiger partial charge in [-0.3, -0.25) is 0 Å². The van der Waals surface area contributed by atoms with E-state index < -0.39 is 0 Å². The van der Waals surface area contributed by atoms with Crippen LogP contribution in [0, 0.1) is 0 Å². The van der Waals surface area contributed by atoms with E-state index in [1.165, 1.54) is 5.56 Å². The molecule has 0 heterocycles. The molecule has 1 unspecified atom stereocenters. The Morgan fingerprint density at radius 2 is 1.88 bits per heavy atom. The Morgan fingerprint density at radius 3 is 2.44 bits per heavy atom. The summed E-state index contributed by atoms with van der Waals surface area (Å²) in [4.78, 5) is 0. The standard InChI is InChI=1S/C13H20ClNO/c1-10(2)16-8-7-13(15)9-11-3-5-12(14)6-4-11/h3-6,10,13H,7-9,15H2,1-2H3. The molecule has 0 spiro atoms. The van der Waals surface area contributed by atoms with E-state index in [4.69, 9.17) is 22.1 Å². The highest BCUT2D eigenvalue weighted by Crippen LogP contribution is 2.11. The Hall–Kier alpha value is -0.570. The Morgan fingerprint density at radius 1 is 1.25 bits per heavy atom. The number of hydrogen-bond acceptors (Lipinski definition) is 2. The molecule has 0 aromatic heterocycles. The number of rotatable bonds is 6. The molecular formula is C13H20ClNO. The van der Waals surface area contributed by atoms with Gasteiger partial charge in [-0.1, -0.05) is 23.7 Å². The number of nitrogens with two attached hydrogens (primary N) is 1. The second-order valence-corrected chi connectivity index (χ2v) is 4.74. The van der Waals surface area contributed by atoms with Crippen LogP contribution in [0.5, 0.6) is 0 Å². The largest absolute Gasteiger partial charge is 0.379 e. The van der Waals surface area contributed by atoms with Crippen LogP contribution in [-0.2, 0) is 11.2 Å². The lowest BCUT2D eigenvalue weighted by molar-refractivity contribution is 0.0737. The molecule has 0 aliphatic carbocycles. The van der Waals surface area contributed by atoms with Gasteiger partial charge in [-0.2, -0.15) is 0 Å². The first-order valence-corrected chi connectivity index (χ1v) is 6.07. The molecule has 0 amide bonds. The minimum atomic E-state index is 0.153. The lowest BCUT2D eigenvalue weighted by Gasteiger charge is -2.13. The van der Waals surface area contributed by atoms with Crippen LogP contribution in [0.25, 0.3) is 0 Å². The van der Waals surface area contributed by atoms with Gasteiger partial charge in [-0.25, -0.2) is 0 Å². The van der Waals surface area contributed by atoms with Crippen molar-refractivity contribution in [3.05, 3.63) is 34.9 Å². The Balaban J connectivity index is 2.28. The van der Waals surface area contributed by atoms with Crippen LogP contribution in [-0.4, -0.2) is 18.8 Å². The van der Waals surface area contributed by atoms with Crippen molar-refractivity contribution < 1.29 is 4.74 Å². The van der Waals surface area contributed by atoms with E-state index in [1.54, 1.807) is 0 Å². The van der Waals surface area contributed by atoms with Crippen molar-refractivity contribution in [2.24, 2.45) is 5.73 Å². The molecule has 0 aliphatic heterocycles. The molecule has 90 valence electrons. The minimum Gasteiger partial charge on any atom is -0.379 e. The van der Waals surface area contributed by atoms with Gasteiger partial charge in [0.15, 0.2) is 0 Å². The van der Waals surface area contributed by atoms with E-state index >= 15 is 0 Å². The zero-order valence-electron chi connectivity index (χ0n) is 9.95. The Labute approximate surface area is 103 Å². The average molecular weight is 242 g/mol. The summed E-state index contributed by atoms with van der Waals surface area (Å²) in [5, 5.41) is 0.764. The van der Waals surface area contributed by atoms with Crippen molar-refractivity contribution in [1.29, 1.82) is 0 Å². The monoisotopic (exact) mass is 241 g/mol. The highest BCUT2D eigenvalue weighted by atomic mass is 35.5. The lowest BCUT2D eigenvalue weighted by Crippen LogP contribution is -2.25. The topological polar surface area (TPSA) is 35.2 Å². The molecule has 1 aromatic rings. The summed E-state index contributed by atoms with van der Waals surface area (Å²) in [5.74, 6) is 0. The normalized spacial score (nSPS) is 13.1. The third kappa shape index (κ3) is 5.50. The molecule has 0 saturated carbocycles. The van der Waals surface area contributed by atoms with Crippen LogP contribution in [0.4, 0.5) is 0 Å². The van der Waals surface area contributed by atoms with E-state index in [9.17, 15) is 0 Å². The number of ether oxygens (including phenoxy) is 1. The second-order valence-electron chi connectivity index (χ2n) is 4.30. The van der Waals surface area contributed by atoms with E-state index in [-0.39, 0.29) is 12.1 Å². The Bertz CT molecular complexity index is 297. The quantitative estimate of drug-likeness (QED) is 0.831. The van der Waals surface area contributed by atoms with Gasteiger partial charge in [0, 0.05) is 17.7 Å². The second kappa shape index (κ2) is 6.89. The summed E-state index contributed by atoms with van der Waals surface area (Å²) < 4.78 is 5.47. The predicted molar refractivity (Wildman–Crippen MR) is 68.8 cm³/mol. The smallest absolute Gasteiger partial charge is 0.0518 e. The molecule has 0 saturated heterocycles. The molecule has 0 bridgehead atoms. The highest BCUT2D eigenvalue weighted by Gasteiger charge is 2.04. The minimum absolute atomic E-state index is 0.153.